The molecule has 1 aromatic rings. The van der Waals surface area contributed by atoms with E-state index < -0.39 is 0 Å². The fourth-order valence-electron chi connectivity index (χ4n) is 1.58. The van der Waals surface area contributed by atoms with Crippen molar-refractivity contribution in [3.8, 4) is 11.8 Å². The Hall–Kier alpha value is -2.22. The van der Waals surface area contributed by atoms with Gasteiger partial charge < -0.3 is 15.4 Å². The molecule has 0 aliphatic heterocycles. The molecule has 1 aromatic carbocycles. The number of ether oxygens (including phenoxy) is 1. The standard InChI is InChI=1S/C14H19N3O2/c1-3-17(9-11(2)8-15)14(18)10-19-13-6-4-12(16)5-7-13/h4-7,11H,3,9-10,16H2,1-2H3. The zero-order valence-electron chi connectivity index (χ0n) is 11.3. The van der Waals surface area contributed by atoms with Crippen LogP contribution in [0.25, 0.3) is 0 Å². The third-order valence-electron chi connectivity index (χ3n) is 2.69. The van der Waals surface area contributed by atoms with Gasteiger partial charge in [0.05, 0.1) is 12.0 Å². The van der Waals surface area contributed by atoms with Crippen molar-refractivity contribution >= 4 is 11.6 Å². The zero-order valence-corrected chi connectivity index (χ0v) is 11.3. The summed E-state index contributed by atoms with van der Waals surface area (Å²) in [5, 5.41) is 8.76. The van der Waals surface area contributed by atoms with Crippen molar-refractivity contribution in [3.63, 3.8) is 0 Å². The van der Waals surface area contributed by atoms with E-state index in [0.29, 0.717) is 24.5 Å². The number of nitrogens with two attached hydrogens (primary N) is 1. The highest BCUT2D eigenvalue weighted by atomic mass is 16.5. The quantitative estimate of drug-likeness (QED) is 0.790. The lowest BCUT2D eigenvalue weighted by atomic mass is 10.2. The van der Waals surface area contributed by atoms with Crippen molar-refractivity contribution in [1.82, 2.24) is 4.90 Å². The number of benzene rings is 1. The van der Waals surface area contributed by atoms with Gasteiger partial charge in [-0.3, -0.25) is 4.79 Å². The maximum Gasteiger partial charge on any atom is 0.260 e. The lowest BCUT2D eigenvalue weighted by molar-refractivity contribution is -0.133. The van der Waals surface area contributed by atoms with Crippen molar-refractivity contribution < 1.29 is 9.53 Å². The van der Waals surface area contributed by atoms with E-state index in [1.54, 1.807) is 36.1 Å². The molecular weight excluding hydrogens is 242 g/mol. The number of hydrogen-bond acceptors (Lipinski definition) is 4. The predicted molar refractivity (Wildman–Crippen MR) is 73.4 cm³/mol. The molecule has 102 valence electrons. The molecule has 1 amide bonds. The minimum Gasteiger partial charge on any atom is -0.484 e. The number of hydrogen-bond donors (Lipinski definition) is 1. The van der Waals surface area contributed by atoms with Crippen molar-refractivity contribution in [2.45, 2.75) is 13.8 Å². The van der Waals surface area contributed by atoms with Gasteiger partial charge in [0, 0.05) is 18.8 Å². The third-order valence-corrected chi connectivity index (χ3v) is 2.69. The second-order valence-electron chi connectivity index (χ2n) is 4.32. The van der Waals surface area contributed by atoms with Crippen LogP contribution in [0.5, 0.6) is 5.75 Å². The first kappa shape index (κ1) is 14.8. The largest absolute Gasteiger partial charge is 0.484 e. The van der Waals surface area contributed by atoms with E-state index in [2.05, 4.69) is 6.07 Å². The van der Waals surface area contributed by atoms with E-state index in [1.807, 2.05) is 6.92 Å². The molecule has 1 rings (SSSR count). The maximum atomic E-state index is 11.9. The molecule has 1 atom stereocenters. The lowest BCUT2D eigenvalue weighted by Gasteiger charge is -2.21. The summed E-state index contributed by atoms with van der Waals surface area (Å²) in [5.74, 6) is 0.300. The van der Waals surface area contributed by atoms with Crippen molar-refractivity contribution in [3.05, 3.63) is 24.3 Å². The summed E-state index contributed by atoms with van der Waals surface area (Å²) in [4.78, 5) is 13.5. The van der Waals surface area contributed by atoms with E-state index >= 15 is 0 Å². The van der Waals surface area contributed by atoms with Crippen LogP contribution < -0.4 is 10.5 Å². The molecule has 0 saturated heterocycles. The summed E-state index contributed by atoms with van der Waals surface area (Å²) in [7, 11) is 0. The van der Waals surface area contributed by atoms with Crippen LogP contribution in [0.1, 0.15) is 13.8 Å². The number of nitriles is 1. The van der Waals surface area contributed by atoms with Gasteiger partial charge in [0.1, 0.15) is 5.75 Å². The average Bonchev–Trinajstić information content (AvgIpc) is 2.43. The minimum absolute atomic E-state index is 0.0318. The number of likely N-dealkylation sites (N-methyl/N-ethyl adjacent to an activating group) is 1. The van der Waals surface area contributed by atoms with Crippen LogP contribution >= 0.6 is 0 Å². The van der Waals surface area contributed by atoms with E-state index in [0.717, 1.165) is 0 Å². The minimum atomic E-state index is -0.180. The van der Waals surface area contributed by atoms with Crippen molar-refractivity contribution in [2.75, 3.05) is 25.4 Å². The summed E-state index contributed by atoms with van der Waals surface area (Å²) >= 11 is 0. The summed E-state index contributed by atoms with van der Waals surface area (Å²) in [6, 6.07) is 8.99. The summed E-state index contributed by atoms with van der Waals surface area (Å²) in [6.07, 6.45) is 0. The van der Waals surface area contributed by atoms with Crippen molar-refractivity contribution in [1.29, 1.82) is 5.26 Å². The molecule has 0 spiro atoms. The van der Waals surface area contributed by atoms with Gasteiger partial charge in [0.2, 0.25) is 0 Å². The molecule has 5 heteroatoms. The van der Waals surface area contributed by atoms with Gasteiger partial charge >= 0.3 is 0 Å². The lowest BCUT2D eigenvalue weighted by Crippen LogP contribution is -2.37. The molecule has 0 radical (unpaired) electrons. The Kier molecular flexibility index (Phi) is 5.68. The number of rotatable bonds is 6. The van der Waals surface area contributed by atoms with Gasteiger partial charge in [-0.25, -0.2) is 0 Å². The highest BCUT2D eigenvalue weighted by Crippen LogP contribution is 2.13. The van der Waals surface area contributed by atoms with Crippen LogP contribution in [0.4, 0.5) is 5.69 Å². The Morgan fingerprint density at radius 1 is 1.47 bits per heavy atom. The molecular formula is C14H19N3O2. The molecule has 0 aliphatic rings. The highest BCUT2D eigenvalue weighted by Gasteiger charge is 2.15. The van der Waals surface area contributed by atoms with E-state index in [4.69, 9.17) is 15.7 Å². The molecule has 0 fully saturated rings. The third kappa shape index (κ3) is 4.88. The van der Waals surface area contributed by atoms with E-state index in [-0.39, 0.29) is 18.4 Å². The van der Waals surface area contributed by atoms with E-state index in [9.17, 15) is 4.79 Å². The summed E-state index contributed by atoms with van der Waals surface area (Å²) in [6.45, 7) is 4.63. The first-order valence-electron chi connectivity index (χ1n) is 6.22. The summed E-state index contributed by atoms with van der Waals surface area (Å²) < 4.78 is 5.39. The first-order chi connectivity index (χ1) is 9.06. The molecule has 0 heterocycles. The Morgan fingerprint density at radius 3 is 2.63 bits per heavy atom. The topological polar surface area (TPSA) is 79.3 Å². The SMILES string of the molecule is CCN(CC(C)C#N)C(=O)COc1ccc(N)cc1. The molecule has 0 aliphatic carbocycles. The van der Waals surface area contributed by atoms with Gasteiger partial charge in [-0.1, -0.05) is 0 Å². The number of carbonyl (C=O) groups is 1. The van der Waals surface area contributed by atoms with Crippen LogP contribution in [-0.2, 0) is 4.79 Å². The fraction of sp³-hybridized carbons (Fsp3) is 0.429. The molecule has 0 saturated carbocycles. The van der Waals surface area contributed by atoms with Gasteiger partial charge in [0.25, 0.3) is 5.91 Å². The van der Waals surface area contributed by atoms with Crippen molar-refractivity contribution in [2.24, 2.45) is 5.92 Å². The molecule has 1 unspecified atom stereocenters. The maximum absolute atomic E-state index is 11.9. The highest BCUT2D eigenvalue weighted by molar-refractivity contribution is 5.77. The number of nitrogen functional groups attached to an aromatic ring is 1. The molecule has 19 heavy (non-hydrogen) atoms. The van der Waals surface area contributed by atoms with Crippen LogP contribution in [0.3, 0.4) is 0 Å². The number of nitrogens with zero attached hydrogens (tertiary/aromatic N) is 2. The predicted octanol–water partition coefficient (Wildman–Crippen LogP) is 1.66. The first-order valence-corrected chi connectivity index (χ1v) is 6.22. The van der Waals surface area contributed by atoms with Gasteiger partial charge in [0.15, 0.2) is 6.61 Å². The molecule has 0 bridgehead atoms. The Morgan fingerprint density at radius 2 is 2.11 bits per heavy atom. The second-order valence-corrected chi connectivity index (χ2v) is 4.32. The number of anilines is 1. The second kappa shape index (κ2) is 7.27. The smallest absolute Gasteiger partial charge is 0.260 e. The Balaban J connectivity index is 2.49. The number of amides is 1. The van der Waals surface area contributed by atoms with Gasteiger partial charge in [-0.05, 0) is 38.1 Å². The monoisotopic (exact) mass is 261 g/mol. The molecule has 2 N–H and O–H groups in total. The number of carbonyl (C=O) groups excluding carboxylic acids is 1. The van der Waals surface area contributed by atoms with Gasteiger partial charge in [-0.15, -0.1) is 0 Å². The average molecular weight is 261 g/mol. The summed E-state index contributed by atoms with van der Waals surface area (Å²) in [5.41, 5.74) is 6.21. The van der Waals surface area contributed by atoms with E-state index in [1.165, 1.54) is 0 Å². The van der Waals surface area contributed by atoms with Gasteiger partial charge in [-0.2, -0.15) is 5.26 Å². The van der Waals surface area contributed by atoms with Crippen LogP contribution in [-0.4, -0.2) is 30.5 Å². The zero-order chi connectivity index (χ0) is 14.3. The van der Waals surface area contributed by atoms with Crippen LogP contribution in [0.15, 0.2) is 24.3 Å². The molecule has 0 aromatic heterocycles. The fourth-order valence-corrected chi connectivity index (χ4v) is 1.58. The Bertz CT molecular complexity index is 451. The molecule has 5 nitrogen and oxygen atoms in total. The normalized spacial score (nSPS) is 11.4. The Labute approximate surface area is 113 Å². The van der Waals surface area contributed by atoms with Crippen LogP contribution in [0.2, 0.25) is 0 Å². The van der Waals surface area contributed by atoms with Crippen LogP contribution in [0, 0.1) is 17.2 Å².